The highest BCUT2D eigenvalue weighted by Gasteiger charge is 2.11. The van der Waals surface area contributed by atoms with E-state index in [0.29, 0.717) is 19.8 Å². The van der Waals surface area contributed by atoms with Crippen LogP contribution in [0.1, 0.15) is 38.8 Å². The number of hydrogen-bond acceptors (Lipinski definition) is 4. The van der Waals surface area contributed by atoms with Gasteiger partial charge in [-0.05, 0) is 56.0 Å². The lowest BCUT2D eigenvalue weighted by Crippen LogP contribution is -2.08. The molecule has 0 saturated heterocycles. The normalized spacial score (nSPS) is 10.1. The fourth-order valence-corrected chi connectivity index (χ4v) is 2.20. The molecule has 0 saturated carbocycles. The number of rotatable bonds is 10. The van der Waals surface area contributed by atoms with Gasteiger partial charge in [0.15, 0.2) is 6.61 Å². The Morgan fingerprint density at radius 2 is 1.67 bits per heavy atom. The van der Waals surface area contributed by atoms with Gasteiger partial charge in [0.1, 0.15) is 29.2 Å². The van der Waals surface area contributed by atoms with Gasteiger partial charge >= 0.3 is 0 Å². The molecule has 0 aliphatic carbocycles. The molecule has 1 aromatic carbocycles. The van der Waals surface area contributed by atoms with Crippen LogP contribution in [-0.4, -0.2) is 25.5 Å². The van der Waals surface area contributed by atoms with Gasteiger partial charge in [0, 0.05) is 0 Å². The Morgan fingerprint density at radius 1 is 1.04 bits per heavy atom. The zero-order chi connectivity index (χ0) is 17.9. The first-order valence-electron chi connectivity index (χ1n) is 8.03. The predicted molar refractivity (Wildman–Crippen MR) is 101 cm³/mol. The standard InChI is InChI=1S/C18H25Cl2NO3/c1-5-14-11-16(22-8-7-17(19)20)12-15(6-2)18(14)23-9-10-24-21-13(3)4/h7,11-12H,5-6,8-10H2,1-4H3. The van der Waals surface area contributed by atoms with E-state index < -0.39 is 0 Å². The molecular weight excluding hydrogens is 349 g/mol. The average molecular weight is 374 g/mol. The molecule has 24 heavy (non-hydrogen) atoms. The Kier molecular flexibility index (Phi) is 9.65. The van der Waals surface area contributed by atoms with Crippen LogP contribution in [0.3, 0.4) is 0 Å². The van der Waals surface area contributed by atoms with E-state index >= 15 is 0 Å². The van der Waals surface area contributed by atoms with Crippen molar-refractivity contribution in [3.05, 3.63) is 33.8 Å². The second-order valence-corrected chi connectivity index (χ2v) is 6.31. The summed E-state index contributed by atoms with van der Waals surface area (Å²) in [4.78, 5) is 5.17. The van der Waals surface area contributed by atoms with Crippen LogP contribution in [0.25, 0.3) is 0 Å². The molecule has 0 aromatic heterocycles. The minimum Gasteiger partial charge on any atom is -0.489 e. The van der Waals surface area contributed by atoms with E-state index in [1.54, 1.807) is 6.08 Å². The summed E-state index contributed by atoms with van der Waals surface area (Å²) in [5.74, 6) is 1.68. The zero-order valence-electron chi connectivity index (χ0n) is 14.7. The van der Waals surface area contributed by atoms with Crippen molar-refractivity contribution in [3.8, 4) is 11.5 Å². The zero-order valence-corrected chi connectivity index (χ0v) is 16.2. The summed E-state index contributed by atoms with van der Waals surface area (Å²) in [6.07, 6.45) is 3.30. The van der Waals surface area contributed by atoms with E-state index in [1.807, 2.05) is 26.0 Å². The summed E-state index contributed by atoms with van der Waals surface area (Å²) in [6, 6.07) is 3.97. The Balaban J connectivity index is 2.79. The van der Waals surface area contributed by atoms with E-state index in [2.05, 4.69) is 19.0 Å². The maximum atomic E-state index is 5.93. The molecule has 0 aliphatic heterocycles. The van der Waals surface area contributed by atoms with Gasteiger partial charge in [-0.25, -0.2) is 0 Å². The molecule has 0 unspecified atom stereocenters. The van der Waals surface area contributed by atoms with E-state index in [9.17, 15) is 0 Å². The Morgan fingerprint density at radius 3 is 2.17 bits per heavy atom. The molecule has 0 radical (unpaired) electrons. The molecular formula is C18H25Cl2NO3. The maximum Gasteiger partial charge on any atom is 0.151 e. The summed E-state index contributed by atoms with van der Waals surface area (Å²) < 4.78 is 11.8. The van der Waals surface area contributed by atoms with Crippen molar-refractivity contribution in [1.82, 2.24) is 0 Å². The second kappa shape index (κ2) is 11.2. The van der Waals surface area contributed by atoms with Gasteiger partial charge in [-0.3, -0.25) is 0 Å². The van der Waals surface area contributed by atoms with Gasteiger partial charge in [0.25, 0.3) is 0 Å². The number of nitrogens with zero attached hydrogens (tertiary/aromatic N) is 1. The van der Waals surface area contributed by atoms with Crippen LogP contribution in [0, 0.1) is 0 Å². The molecule has 1 aromatic rings. The van der Waals surface area contributed by atoms with Crippen molar-refractivity contribution >= 4 is 28.9 Å². The first-order valence-corrected chi connectivity index (χ1v) is 8.79. The Labute approximate surface area is 154 Å². The van der Waals surface area contributed by atoms with Crippen LogP contribution < -0.4 is 9.47 Å². The third-order valence-corrected chi connectivity index (χ3v) is 3.44. The van der Waals surface area contributed by atoms with Crippen molar-refractivity contribution in [1.29, 1.82) is 0 Å². The van der Waals surface area contributed by atoms with Crippen molar-refractivity contribution in [3.63, 3.8) is 0 Å². The smallest absolute Gasteiger partial charge is 0.151 e. The number of halogens is 2. The molecule has 0 amide bonds. The number of aryl methyl sites for hydroxylation is 2. The fraction of sp³-hybridized carbons (Fsp3) is 0.500. The summed E-state index contributed by atoms with van der Waals surface area (Å²) >= 11 is 11.2. The topological polar surface area (TPSA) is 40.0 Å². The Hall–Kier alpha value is -1.39. The van der Waals surface area contributed by atoms with Gasteiger partial charge in [0.05, 0.1) is 5.71 Å². The first-order chi connectivity index (χ1) is 11.5. The highest BCUT2D eigenvalue weighted by Crippen LogP contribution is 2.31. The third kappa shape index (κ3) is 7.45. The van der Waals surface area contributed by atoms with Crippen LogP contribution in [-0.2, 0) is 17.7 Å². The average Bonchev–Trinajstić information content (AvgIpc) is 2.54. The molecule has 0 aliphatic rings. The van der Waals surface area contributed by atoms with Crippen molar-refractivity contribution in [2.75, 3.05) is 19.8 Å². The molecule has 0 heterocycles. The Bertz CT molecular complexity index is 553. The van der Waals surface area contributed by atoms with E-state index in [1.165, 1.54) is 0 Å². The molecule has 1 rings (SSSR count). The predicted octanol–water partition coefficient (Wildman–Crippen LogP) is 5.30. The largest absolute Gasteiger partial charge is 0.489 e. The molecule has 0 N–H and O–H groups in total. The molecule has 0 fully saturated rings. The maximum absolute atomic E-state index is 5.93. The summed E-state index contributed by atoms with van der Waals surface area (Å²) in [7, 11) is 0. The van der Waals surface area contributed by atoms with E-state index in [-0.39, 0.29) is 4.49 Å². The van der Waals surface area contributed by atoms with Gasteiger partial charge < -0.3 is 14.3 Å². The summed E-state index contributed by atoms with van der Waals surface area (Å²) in [5.41, 5.74) is 3.08. The van der Waals surface area contributed by atoms with E-state index in [0.717, 1.165) is 41.2 Å². The molecule has 6 heteroatoms. The molecule has 134 valence electrons. The van der Waals surface area contributed by atoms with Gasteiger partial charge in [-0.1, -0.05) is 42.2 Å². The quantitative estimate of drug-likeness (QED) is 0.317. The monoisotopic (exact) mass is 373 g/mol. The third-order valence-electron chi connectivity index (χ3n) is 3.13. The minimum atomic E-state index is 0.200. The minimum absolute atomic E-state index is 0.200. The number of oxime groups is 1. The van der Waals surface area contributed by atoms with Crippen molar-refractivity contribution in [2.45, 2.75) is 40.5 Å². The highest BCUT2D eigenvalue weighted by atomic mass is 35.5. The molecule has 4 nitrogen and oxygen atoms in total. The lowest BCUT2D eigenvalue weighted by atomic mass is 10.0. The van der Waals surface area contributed by atoms with Crippen molar-refractivity contribution in [2.24, 2.45) is 5.16 Å². The number of hydrogen-bond donors (Lipinski definition) is 0. The van der Waals surface area contributed by atoms with E-state index in [4.69, 9.17) is 37.5 Å². The summed E-state index contributed by atoms with van der Waals surface area (Å²) in [6.45, 7) is 9.13. The van der Waals surface area contributed by atoms with Gasteiger partial charge in [-0.15, -0.1) is 0 Å². The van der Waals surface area contributed by atoms with Crippen LogP contribution >= 0.6 is 23.2 Å². The summed E-state index contributed by atoms with van der Waals surface area (Å²) in [5, 5.41) is 3.89. The van der Waals surface area contributed by atoms with Crippen molar-refractivity contribution < 1.29 is 14.3 Å². The van der Waals surface area contributed by atoms with Crippen LogP contribution in [0.15, 0.2) is 27.9 Å². The second-order valence-electron chi connectivity index (χ2n) is 5.30. The van der Waals surface area contributed by atoms with Crippen LogP contribution in [0.4, 0.5) is 0 Å². The number of ether oxygens (including phenoxy) is 2. The lowest BCUT2D eigenvalue weighted by molar-refractivity contribution is 0.106. The highest BCUT2D eigenvalue weighted by molar-refractivity contribution is 6.55. The van der Waals surface area contributed by atoms with Gasteiger partial charge in [-0.2, -0.15) is 0 Å². The molecule has 0 spiro atoms. The van der Waals surface area contributed by atoms with Crippen LogP contribution in [0.5, 0.6) is 11.5 Å². The number of benzene rings is 1. The first kappa shape index (κ1) is 20.7. The SMILES string of the molecule is CCc1cc(OCC=C(Cl)Cl)cc(CC)c1OCCON=C(C)C. The lowest BCUT2D eigenvalue weighted by Gasteiger charge is -2.16. The van der Waals surface area contributed by atoms with Crippen LogP contribution in [0.2, 0.25) is 0 Å². The molecule has 0 bridgehead atoms. The molecule has 0 atom stereocenters. The van der Waals surface area contributed by atoms with Gasteiger partial charge in [0.2, 0.25) is 0 Å². The fourth-order valence-electron chi connectivity index (χ4n) is 2.07.